The van der Waals surface area contributed by atoms with Gasteiger partial charge in [-0.3, -0.25) is 10.1 Å². The van der Waals surface area contributed by atoms with Gasteiger partial charge in [-0.1, -0.05) is 0 Å². The fourth-order valence-corrected chi connectivity index (χ4v) is 1.63. The van der Waals surface area contributed by atoms with E-state index in [-0.39, 0.29) is 30.5 Å². The third-order valence-electron chi connectivity index (χ3n) is 2.64. The zero-order valence-electron chi connectivity index (χ0n) is 14.0. The molecular weight excluding hydrogens is 320 g/mol. The van der Waals surface area contributed by atoms with Crippen LogP contribution in [0.5, 0.6) is 5.88 Å². The number of methoxy groups -OCH3 is 1. The molecule has 0 fully saturated rings. The van der Waals surface area contributed by atoms with Crippen molar-refractivity contribution >= 4 is 17.6 Å². The van der Waals surface area contributed by atoms with Crippen LogP contribution in [0.3, 0.4) is 0 Å². The van der Waals surface area contributed by atoms with E-state index >= 15 is 0 Å². The summed E-state index contributed by atoms with van der Waals surface area (Å²) in [5, 5.41) is 25.9. The summed E-state index contributed by atoms with van der Waals surface area (Å²) < 4.78 is 9.94. The summed E-state index contributed by atoms with van der Waals surface area (Å²) in [5.41, 5.74) is -0.888. The van der Waals surface area contributed by atoms with Crippen LogP contribution < -0.4 is 15.4 Å². The van der Waals surface area contributed by atoms with Gasteiger partial charge in [-0.2, -0.15) is 4.98 Å². The molecule has 0 aliphatic heterocycles. The Morgan fingerprint density at radius 2 is 2.08 bits per heavy atom. The fraction of sp³-hybridized carbons (Fsp3) is 0.571. The number of nitrogens with one attached hydrogen (secondary N) is 2. The second-order valence-electron chi connectivity index (χ2n) is 5.90. The number of aromatic nitrogens is 1. The van der Waals surface area contributed by atoms with E-state index in [0.717, 1.165) is 0 Å². The van der Waals surface area contributed by atoms with Gasteiger partial charge in [-0.05, 0) is 20.8 Å². The van der Waals surface area contributed by atoms with Crippen LogP contribution in [0.15, 0.2) is 12.1 Å². The van der Waals surface area contributed by atoms with Crippen LogP contribution in [0, 0.1) is 10.1 Å². The Balaban J connectivity index is 2.56. The Morgan fingerprint density at radius 3 is 2.62 bits per heavy atom. The van der Waals surface area contributed by atoms with Gasteiger partial charge in [0.1, 0.15) is 5.60 Å². The van der Waals surface area contributed by atoms with Crippen LogP contribution in [-0.4, -0.2) is 53.0 Å². The normalized spacial score (nSPS) is 12.2. The molecule has 134 valence electrons. The Bertz CT molecular complexity index is 587. The van der Waals surface area contributed by atoms with Crippen LogP contribution in [0.2, 0.25) is 0 Å². The third-order valence-corrected chi connectivity index (χ3v) is 2.64. The largest absolute Gasteiger partial charge is 0.481 e. The standard InChI is InChI=1S/C14H22N4O6/c1-14(2,3)24-13(20)16-8-9(19)7-15-12-10(18(21)22)5-6-11(17-12)23-4/h5-6,9,19H,7-8H2,1-4H3,(H,15,17)(H,16,20)/t9-/m1/s1. The molecule has 0 saturated carbocycles. The number of pyridine rings is 1. The summed E-state index contributed by atoms with van der Waals surface area (Å²) in [6.45, 7) is 5.02. The average Bonchev–Trinajstić information content (AvgIpc) is 2.48. The number of alkyl carbamates (subject to hydrolysis) is 1. The number of hydrogen-bond acceptors (Lipinski definition) is 8. The average molecular weight is 342 g/mol. The Hall–Kier alpha value is -2.62. The SMILES string of the molecule is COc1ccc([N+](=O)[O-])c(NC[C@@H](O)CNC(=O)OC(C)(C)C)n1. The fourth-order valence-electron chi connectivity index (χ4n) is 1.63. The summed E-state index contributed by atoms with van der Waals surface area (Å²) in [6.07, 6.45) is -1.66. The van der Waals surface area contributed by atoms with Gasteiger partial charge in [0.2, 0.25) is 11.7 Å². The second-order valence-corrected chi connectivity index (χ2v) is 5.90. The monoisotopic (exact) mass is 342 g/mol. The topological polar surface area (TPSA) is 136 Å². The molecule has 3 N–H and O–H groups in total. The molecule has 0 bridgehead atoms. The molecule has 24 heavy (non-hydrogen) atoms. The zero-order chi connectivity index (χ0) is 18.3. The number of carbonyl (C=O) groups is 1. The smallest absolute Gasteiger partial charge is 0.407 e. The molecule has 1 aromatic heterocycles. The Kier molecular flexibility index (Phi) is 6.71. The van der Waals surface area contributed by atoms with Crippen molar-refractivity contribution in [1.82, 2.24) is 10.3 Å². The van der Waals surface area contributed by atoms with Gasteiger partial charge in [0.25, 0.3) is 0 Å². The maximum atomic E-state index is 11.5. The van der Waals surface area contributed by atoms with E-state index in [9.17, 15) is 20.0 Å². The first-order valence-corrected chi connectivity index (χ1v) is 7.20. The molecule has 0 unspecified atom stereocenters. The number of nitro groups is 1. The van der Waals surface area contributed by atoms with Crippen molar-refractivity contribution in [2.24, 2.45) is 0 Å². The number of aliphatic hydroxyl groups excluding tert-OH is 1. The summed E-state index contributed by atoms with van der Waals surface area (Å²) in [5.74, 6) is 0.167. The lowest BCUT2D eigenvalue weighted by Gasteiger charge is -2.20. The first kappa shape index (κ1) is 19.4. The predicted molar refractivity (Wildman–Crippen MR) is 86.2 cm³/mol. The van der Waals surface area contributed by atoms with Gasteiger partial charge in [-0.15, -0.1) is 0 Å². The molecule has 0 spiro atoms. The van der Waals surface area contributed by atoms with Gasteiger partial charge >= 0.3 is 11.8 Å². The lowest BCUT2D eigenvalue weighted by Crippen LogP contribution is -2.39. The number of aliphatic hydroxyl groups is 1. The van der Waals surface area contributed by atoms with Crippen molar-refractivity contribution in [2.45, 2.75) is 32.5 Å². The van der Waals surface area contributed by atoms with E-state index in [2.05, 4.69) is 15.6 Å². The number of anilines is 1. The highest BCUT2D eigenvalue weighted by Crippen LogP contribution is 2.24. The molecule has 1 amide bonds. The number of rotatable bonds is 7. The van der Waals surface area contributed by atoms with Crippen LogP contribution in [-0.2, 0) is 4.74 Å². The molecule has 1 heterocycles. The first-order chi connectivity index (χ1) is 11.1. The molecule has 0 saturated heterocycles. The summed E-state index contributed by atoms with van der Waals surface area (Å²) in [4.78, 5) is 25.8. The second kappa shape index (κ2) is 8.29. The van der Waals surface area contributed by atoms with Gasteiger partial charge in [0.05, 0.1) is 18.1 Å². The number of amides is 1. The van der Waals surface area contributed by atoms with Crippen LogP contribution in [0.25, 0.3) is 0 Å². The summed E-state index contributed by atoms with van der Waals surface area (Å²) in [7, 11) is 1.39. The summed E-state index contributed by atoms with van der Waals surface area (Å²) in [6, 6.07) is 2.61. The lowest BCUT2D eigenvalue weighted by atomic mass is 10.2. The highest BCUT2D eigenvalue weighted by atomic mass is 16.6. The molecule has 0 radical (unpaired) electrons. The molecule has 10 nitrogen and oxygen atoms in total. The van der Waals surface area contributed by atoms with Crippen molar-refractivity contribution < 1.29 is 24.3 Å². The van der Waals surface area contributed by atoms with Crippen molar-refractivity contribution in [3.63, 3.8) is 0 Å². The molecule has 1 rings (SSSR count). The highest BCUT2D eigenvalue weighted by Gasteiger charge is 2.19. The Labute approximate surface area is 139 Å². The van der Waals surface area contributed by atoms with E-state index in [1.54, 1.807) is 20.8 Å². The van der Waals surface area contributed by atoms with E-state index in [4.69, 9.17) is 9.47 Å². The van der Waals surface area contributed by atoms with Crippen molar-refractivity contribution in [2.75, 3.05) is 25.5 Å². The van der Waals surface area contributed by atoms with E-state index in [0.29, 0.717) is 0 Å². The Morgan fingerprint density at radius 1 is 1.42 bits per heavy atom. The number of nitrogens with zero attached hydrogens (tertiary/aromatic N) is 2. The zero-order valence-corrected chi connectivity index (χ0v) is 14.0. The maximum absolute atomic E-state index is 11.5. The lowest BCUT2D eigenvalue weighted by molar-refractivity contribution is -0.384. The predicted octanol–water partition coefficient (Wildman–Crippen LogP) is 1.30. The maximum Gasteiger partial charge on any atom is 0.407 e. The van der Waals surface area contributed by atoms with E-state index in [1.165, 1.54) is 19.2 Å². The third kappa shape index (κ3) is 6.65. The molecule has 0 aromatic carbocycles. The quantitative estimate of drug-likeness (QED) is 0.498. The molecule has 0 aliphatic rings. The minimum atomic E-state index is -0.995. The molecule has 1 aromatic rings. The molecule has 10 heteroatoms. The van der Waals surface area contributed by atoms with Gasteiger partial charge in [-0.25, -0.2) is 4.79 Å². The summed E-state index contributed by atoms with van der Waals surface area (Å²) >= 11 is 0. The number of hydrogen-bond donors (Lipinski definition) is 3. The van der Waals surface area contributed by atoms with Gasteiger partial charge in [0, 0.05) is 25.2 Å². The molecule has 1 atom stereocenters. The van der Waals surface area contributed by atoms with Gasteiger partial charge < -0.3 is 25.2 Å². The molecular formula is C14H22N4O6. The van der Waals surface area contributed by atoms with Crippen molar-refractivity contribution in [3.05, 3.63) is 22.2 Å². The van der Waals surface area contributed by atoms with Crippen LogP contribution in [0.4, 0.5) is 16.3 Å². The van der Waals surface area contributed by atoms with E-state index in [1.807, 2.05) is 0 Å². The van der Waals surface area contributed by atoms with E-state index < -0.39 is 22.7 Å². The van der Waals surface area contributed by atoms with Crippen LogP contribution in [0.1, 0.15) is 20.8 Å². The number of carbonyl (C=O) groups excluding carboxylic acids is 1. The number of ether oxygens (including phenoxy) is 2. The first-order valence-electron chi connectivity index (χ1n) is 7.20. The van der Waals surface area contributed by atoms with Crippen molar-refractivity contribution in [3.8, 4) is 5.88 Å². The van der Waals surface area contributed by atoms with Crippen LogP contribution >= 0.6 is 0 Å². The van der Waals surface area contributed by atoms with Gasteiger partial charge in [0.15, 0.2) is 0 Å². The van der Waals surface area contributed by atoms with Crippen molar-refractivity contribution in [1.29, 1.82) is 0 Å². The minimum Gasteiger partial charge on any atom is -0.481 e. The highest BCUT2D eigenvalue weighted by molar-refractivity contribution is 5.67. The molecule has 0 aliphatic carbocycles. The minimum absolute atomic E-state index is 0.0318.